The monoisotopic (exact) mass is 220 g/mol. The van der Waals surface area contributed by atoms with E-state index < -0.39 is 5.60 Å². The van der Waals surface area contributed by atoms with E-state index >= 15 is 0 Å². The molecule has 0 aromatic carbocycles. The highest BCUT2D eigenvalue weighted by atomic mass is 16.6. The third kappa shape index (κ3) is 2.27. The van der Waals surface area contributed by atoms with E-state index in [2.05, 4.69) is 0 Å². The Kier molecular flexibility index (Phi) is 2.50. The van der Waals surface area contributed by atoms with Gasteiger partial charge in [-0.2, -0.15) is 0 Å². The van der Waals surface area contributed by atoms with Crippen LogP contribution in [0.25, 0.3) is 6.20 Å². The lowest BCUT2D eigenvalue weighted by molar-refractivity contribution is 0.0318. The van der Waals surface area contributed by atoms with E-state index in [4.69, 9.17) is 4.74 Å². The van der Waals surface area contributed by atoms with Crippen LogP contribution in [-0.2, 0) is 11.3 Å². The van der Waals surface area contributed by atoms with Gasteiger partial charge in [0.1, 0.15) is 5.60 Å². The van der Waals surface area contributed by atoms with E-state index in [-0.39, 0.29) is 6.09 Å². The van der Waals surface area contributed by atoms with Crippen LogP contribution in [0.2, 0.25) is 0 Å². The summed E-state index contributed by atoms with van der Waals surface area (Å²) in [6, 6.07) is 3.94. The summed E-state index contributed by atoms with van der Waals surface area (Å²) in [4.78, 5) is 13.4. The normalized spacial score (nSPS) is 14.8. The summed E-state index contributed by atoms with van der Waals surface area (Å²) in [5.74, 6) is 0. The number of fused-ring (bicyclic) bond motifs is 1. The molecule has 4 heteroatoms. The van der Waals surface area contributed by atoms with Crippen molar-refractivity contribution in [2.24, 2.45) is 0 Å². The number of hydrogen-bond acceptors (Lipinski definition) is 2. The van der Waals surface area contributed by atoms with Gasteiger partial charge in [0.25, 0.3) is 0 Å². The van der Waals surface area contributed by atoms with Gasteiger partial charge in [0.15, 0.2) is 0 Å². The fourth-order valence-corrected chi connectivity index (χ4v) is 1.53. The molecule has 1 aliphatic heterocycles. The predicted molar refractivity (Wildman–Crippen MR) is 61.5 cm³/mol. The van der Waals surface area contributed by atoms with Gasteiger partial charge in [-0.15, -0.1) is 0 Å². The summed E-state index contributed by atoms with van der Waals surface area (Å²) in [5, 5.41) is 0. The topological polar surface area (TPSA) is 34.5 Å². The van der Waals surface area contributed by atoms with Crippen LogP contribution in [0.15, 0.2) is 24.5 Å². The number of carbonyl (C=O) groups excluding carboxylic acids is 1. The highest BCUT2D eigenvalue weighted by Crippen LogP contribution is 2.17. The maximum Gasteiger partial charge on any atom is 0.414 e. The number of hydrogen-bond donors (Lipinski definition) is 0. The lowest BCUT2D eigenvalue weighted by Gasteiger charge is -2.27. The summed E-state index contributed by atoms with van der Waals surface area (Å²) in [6.45, 7) is 6.14. The molecule has 86 valence electrons. The number of carbonyl (C=O) groups is 1. The Morgan fingerprint density at radius 1 is 1.38 bits per heavy atom. The van der Waals surface area contributed by atoms with E-state index in [1.165, 1.54) is 0 Å². The van der Waals surface area contributed by atoms with Crippen molar-refractivity contribution in [1.29, 1.82) is 0 Å². The second-order valence-electron chi connectivity index (χ2n) is 4.81. The van der Waals surface area contributed by atoms with Crippen molar-refractivity contribution in [3.63, 3.8) is 0 Å². The first-order valence-electron chi connectivity index (χ1n) is 5.29. The molecule has 16 heavy (non-hydrogen) atoms. The number of rotatable bonds is 0. The molecule has 0 atom stereocenters. The molecule has 0 saturated carbocycles. The SMILES string of the molecule is CC(C)(C)OC(=O)N1C=Cn2cccc2C1. The Morgan fingerprint density at radius 2 is 2.12 bits per heavy atom. The fourth-order valence-electron chi connectivity index (χ4n) is 1.53. The molecule has 0 aliphatic carbocycles. The maximum absolute atomic E-state index is 11.8. The van der Waals surface area contributed by atoms with E-state index in [9.17, 15) is 4.79 Å². The van der Waals surface area contributed by atoms with Crippen LogP contribution in [0, 0.1) is 0 Å². The Balaban J connectivity index is 2.06. The van der Waals surface area contributed by atoms with Crippen molar-refractivity contribution in [2.45, 2.75) is 32.9 Å². The summed E-state index contributed by atoms with van der Waals surface area (Å²) in [5.41, 5.74) is 0.623. The quantitative estimate of drug-likeness (QED) is 0.673. The Bertz CT molecular complexity index is 426. The molecular weight excluding hydrogens is 204 g/mol. The van der Waals surface area contributed by atoms with Gasteiger partial charge in [-0.05, 0) is 32.9 Å². The highest BCUT2D eigenvalue weighted by molar-refractivity contribution is 5.70. The molecule has 0 spiro atoms. The lowest BCUT2D eigenvalue weighted by Crippen LogP contribution is -2.34. The zero-order chi connectivity index (χ0) is 11.8. The molecule has 1 aliphatic rings. The average Bonchev–Trinajstić information content (AvgIpc) is 2.61. The van der Waals surface area contributed by atoms with Gasteiger partial charge in [-0.1, -0.05) is 0 Å². The maximum atomic E-state index is 11.8. The van der Waals surface area contributed by atoms with Crippen molar-refractivity contribution < 1.29 is 9.53 Å². The van der Waals surface area contributed by atoms with E-state index in [0.29, 0.717) is 6.54 Å². The minimum Gasteiger partial charge on any atom is -0.443 e. The van der Waals surface area contributed by atoms with Crippen molar-refractivity contribution in [3.05, 3.63) is 30.2 Å². The third-order valence-electron chi connectivity index (χ3n) is 2.23. The van der Waals surface area contributed by atoms with Gasteiger partial charge in [0.05, 0.1) is 6.54 Å². The molecule has 4 nitrogen and oxygen atoms in total. The van der Waals surface area contributed by atoms with Crippen LogP contribution in [0.5, 0.6) is 0 Å². The predicted octanol–water partition coefficient (Wildman–Crippen LogP) is 2.67. The average molecular weight is 220 g/mol. The molecule has 1 amide bonds. The minimum absolute atomic E-state index is 0.309. The van der Waals surface area contributed by atoms with E-state index in [1.807, 2.05) is 49.9 Å². The van der Waals surface area contributed by atoms with Crippen LogP contribution in [-0.4, -0.2) is 21.2 Å². The standard InChI is InChI=1S/C12H16N2O2/c1-12(2,3)16-11(15)14-8-7-13-6-4-5-10(13)9-14/h4-8H,9H2,1-3H3. The second-order valence-corrected chi connectivity index (χ2v) is 4.81. The Morgan fingerprint density at radius 3 is 2.81 bits per heavy atom. The summed E-state index contributed by atoms with van der Waals surface area (Å²) in [7, 11) is 0. The second kappa shape index (κ2) is 3.70. The van der Waals surface area contributed by atoms with Crippen LogP contribution in [0.3, 0.4) is 0 Å². The first kappa shape index (κ1) is 10.8. The van der Waals surface area contributed by atoms with Crippen molar-refractivity contribution in [1.82, 2.24) is 9.47 Å². The molecule has 0 saturated heterocycles. The molecular formula is C12H16N2O2. The van der Waals surface area contributed by atoms with Gasteiger partial charge in [0, 0.05) is 24.3 Å². The van der Waals surface area contributed by atoms with Crippen LogP contribution in [0.4, 0.5) is 4.79 Å². The minimum atomic E-state index is -0.454. The van der Waals surface area contributed by atoms with Crippen molar-refractivity contribution in [2.75, 3.05) is 0 Å². The van der Waals surface area contributed by atoms with Crippen LogP contribution < -0.4 is 0 Å². The number of aromatic nitrogens is 1. The zero-order valence-electron chi connectivity index (χ0n) is 9.80. The highest BCUT2D eigenvalue weighted by Gasteiger charge is 2.22. The molecule has 1 aromatic heterocycles. The number of ether oxygens (including phenoxy) is 1. The molecule has 0 unspecified atom stereocenters. The van der Waals surface area contributed by atoms with E-state index in [1.54, 1.807) is 11.1 Å². The van der Waals surface area contributed by atoms with E-state index in [0.717, 1.165) is 5.69 Å². The molecule has 2 rings (SSSR count). The Hall–Kier alpha value is -1.71. The summed E-state index contributed by atoms with van der Waals surface area (Å²) >= 11 is 0. The van der Waals surface area contributed by atoms with Crippen molar-refractivity contribution in [3.8, 4) is 0 Å². The molecule has 0 radical (unpaired) electrons. The first-order valence-corrected chi connectivity index (χ1v) is 5.29. The van der Waals surface area contributed by atoms with Crippen LogP contribution >= 0.6 is 0 Å². The smallest absolute Gasteiger partial charge is 0.414 e. The van der Waals surface area contributed by atoms with Gasteiger partial charge in [-0.25, -0.2) is 4.79 Å². The molecule has 1 aromatic rings. The van der Waals surface area contributed by atoms with Gasteiger partial charge < -0.3 is 9.30 Å². The Labute approximate surface area is 95.1 Å². The van der Waals surface area contributed by atoms with Crippen molar-refractivity contribution >= 4 is 12.3 Å². The third-order valence-corrected chi connectivity index (χ3v) is 2.23. The molecule has 0 bridgehead atoms. The van der Waals surface area contributed by atoms with Gasteiger partial charge >= 0.3 is 6.09 Å². The summed E-state index contributed by atoms with van der Waals surface area (Å²) < 4.78 is 7.28. The molecule has 2 heterocycles. The summed E-state index contributed by atoms with van der Waals surface area (Å²) in [6.07, 6.45) is 5.23. The van der Waals surface area contributed by atoms with Crippen LogP contribution in [0.1, 0.15) is 26.5 Å². The van der Waals surface area contributed by atoms with Gasteiger partial charge in [-0.3, -0.25) is 4.90 Å². The van der Waals surface area contributed by atoms with Gasteiger partial charge in [0.2, 0.25) is 0 Å². The number of nitrogens with zero attached hydrogens (tertiary/aromatic N) is 2. The lowest BCUT2D eigenvalue weighted by atomic mass is 10.2. The fraction of sp³-hybridized carbons (Fsp3) is 0.417. The largest absolute Gasteiger partial charge is 0.443 e. The molecule has 0 N–H and O–H groups in total. The first-order chi connectivity index (χ1) is 7.46. The molecule has 0 fully saturated rings. The number of amides is 1. The zero-order valence-corrected chi connectivity index (χ0v) is 9.80.